The Morgan fingerprint density at radius 1 is 0.974 bits per heavy atom. The molecule has 0 spiro atoms. The molecule has 1 aliphatic heterocycles. The van der Waals surface area contributed by atoms with E-state index in [2.05, 4.69) is 13.8 Å². The van der Waals surface area contributed by atoms with E-state index in [-0.39, 0.29) is 66.7 Å². The van der Waals surface area contributed by atoms with Crippen molar-refractivity contribution in [2.75, 3.05) is 6.61 Å². The van der Waals surface area contributed by atoms with Gasteiger partial charge in [0.1, 0.15) is 6.61 Å². The van der Waals surface area contributed by atoms with E-state index in [1.807, 2.05) is 0 Å². The fourth-order valence-electron chi connectivity index (χ4n) is 9.52. The van der Waals surface area contributed by atoms with Crippen molar-refractivity contribution in [3.05, 3.63) is 0 Å². The molecular weight excluding hydrogens is 689 g/mol. The van der Waals surface area contributed by atoms with E-state index < -0.39 is 49.4 Å². The van der Waals surface area contributed by atoms with E-state index in [0.29, 0.717) is 31.1 Å². The number of aliphatic hydroxyl groups is 5. The predicted molar refractivity (Wildman–Crippen MR) is 132 cm³/mol. The van der Waals surface area contributed by atoms with Crippen LogP contribution in [0.25, 0.3) is 0 Å². The molecule has 0 amide bonds. The molecule has 5 N–H and O–H groups in total. The molecule has 1 heterocycles. The van der Waals surface area contributed by atoms with Gasteiger partial charge in [-0.25, -0.2) is 0 Å². The summed E-state index contributed by atoms with van der Waals surface area (Å²) in [4.78, 5) is 24.6. The fourth-order valence-corrected chi connectivity index (χ4v) is 10.0. The van der Waals surface area contributed by atoms with Crippen LogP contribution in [0.1, 0.15) is 65.2 Å². The molecule has 38 heavy (non-hydrogen) atoms. The number of hydrogen-bond donors (Lipinski definition) is 5. The molecule has 212 valence electrons. The Labute approximate surface area is 239 Å². The SMILES string of the molecule is CC12CC(O)C3C(CCC4CC(OC5OC(C(=O)[O][Tl])C(O)C(O)C5O)CCC43C)C1CCC2C(=O)CO. The van der Waals surface area contributed by atoms with Crippen molar-refractivity contribution < 1.29 is 47.3 Å². The quantitative estimate of drug-likeness (QED) is 0.192. The van der Waals surface area contributed by atoms with E-state index >= 15 is 0 Å². The second-order valence-corrected chi connectivity index (χ2v) is 13.9. The van der Waals surface area contributed by atoms with Gasteiger partial charge < -0.3 is 10.2 Å². The van der Waals surface area contributed by atoms with E-state index in [0.717, 1.165) is 32.1 Å². The molecule has 5 aliphatic rings. The van der Waals surface area contributed by atoms with Crippen LogP contribution >= 0.6 is 0 Å². The van der Waals surface area contributed by atoms with Gasteiger partial charge >= 0.3 is 170 Å². The molecule has 1 saturated heterocycles. The third-order valence-electron chi connectivity index (χ3n) is 11.3. The minimum atomic E-state index is -1.60. The van der Waals surface area contributed by atoms with Gasteiger partial charge in [-0.1, -0.05) is 6.92 Å². The minimum Gasteiger partial charge on any atom is -0.389 e. The first-order chi connectivity index (χ1) is 18.0. The van der Waals surface area contributed by atoms with E-state index in [1.54, 1.807) is 0 Å². The van der Waals surface area contributed by atoms with E-state index in [1.165, 1.54) is 0 Å². The fraction of sp³-hybridized carbons (Fsp3) is 0.926. The first-order valence-electron chi connectivity index (χ1n) is 14.0. The monoisotopic (exact) mass is 730 g/mol. The molecule has 5 rings (SSSR count). The number of rotatable bonds is 5. The summed E-state index contributed by atoms with van der Waals surface area (Å²) in [6.45, 7) is 3.99. The zero-order chi connectivity index (χ0) is 27.6. The van der Waals surface area contributed by atoms with Crippen molar-refractivity contribution in [2.24, 2.45) is 40.4 Å². The van der Waals surface area contributed by atoms with Crippen LogP contribution in [-0.2, 0) is 21.7 Å². The summed E-state index contributed by atoms with van der Waals surface area (Å²) in [5.74, 6) is 0.0628. The van der Waals surface area contributed by atoms with Crippen LogP contribution in [0.4, 0.5) is 0 Å². The number of ketones is 1. The first-order valence-corrected chi connectivity index (χ1v) is 15.9. The molecule has 14 unspecified atom stereocenters. The number of carbonyl (C=O) groups excluding carboxylic acids is 2. The van der Waals surface area contributed by atoms with Crippen molar-refractivity contribution in [2.45, 2.75) is 108 Å². The topological polar surface area (TPSA) is 163 Å². The van der Waals surface area contributed by atoms with Crippen molar-refractivity contribution >= 4 is 38.0 Å². The molecule has 0 aromatic rings. The van der Waals surface area contributed by atoms with E-state index in [9.17, 15) is 35.1 Å². The summed E-state index contributed by atoms with van der Waals surface area (Å²) in [6.07, 6.45) is -1.63. The van der Waals surface area contributed by atoms with Gasteiger partial charge in [0.05, 0.1) is 0 Å². The zero-order valence-corrected chi connectivity index (χ0v) is 26.6. The Kier molecular flexibility index (Phi) is 8.39. The van der Waals surface area contributed by atoms with Crippen molar-refractivity contribution in [3.8, 4) is 0 Å². The maximum Gasteiger partial charge on any atom is 0.161 e. The van der Waals surface area contributed by atoms with Crippen LogP contribution in [0.3, 0.4) is 0 Å². The van der Waals surface area contributed by atoms with Crippen molar-refractivity contribution in [1.29, 1.82) is 0 Å². The summed E-state index contributed by atoms with van der Waals surface area (Å²) >= 11 is -0.101. The summed E-state index contributed by atoms with van der Waals surface area (Å²) in [5, 5.41) is 52.1. The van der Waals surface area contributed by atoms with Gasteiger partial charge in [0.2, 0.25) is 0 Å². The molecule has 0 radical (unpaired) electrons. The molecule has 4 aliphatic carbocycles. The summed E-state index contributed by atoms with van der Waals surface area (Å²) in [7, 11) is 0. The minimum absolute atomic E-state index is 0.0928. The van der Waals surface area contributed by atoms with Crippen LogP contribution in [0.5, 0.6) is 0 Å². The Morgan fingerprint density at radius 2 is 1.71 bits per heavy atom. The Bertz CT molecular complexity index is 918. The average Bonchev–Trinajstić information content (AvgIpc) is 3.24. The van der Waals surface area contributed by atoms with Gasteiger partial charge in [-0.05, 0) is 30.6 Å². The molecule has 10 nitrogen and oxygen atoms in total. The van der Waals surface area contributed by atoms with Crippen molar-refractivity contribution in [3.63, 3.8) is 0 Å². The van der Waals surface area contributed by atoms with Crippen LogP contribution in [0.2, 0.25) is 0 Å². The smallest absolute Gasteiger partial charge is 0.161 e. The molecular formula is C27H41O10Tl. The molecule has 5 fully saturated rings. The van der Waals surface area contributed by atoms with Crippen LogP contribution in [0.15, 0.2) is 0 Å². The van der Waals surface area contributed by atoms with Crippen LogP contribution < -0.4 is 0 Å². The number of hydrogen-bond acceptors (Lipinski definition) is 10. The number of aliphatic hydroxyl groups excluding tert-OH is 5. The Morgan fingerprint density at radius 3 is 2.39 bits per heavy atom. The number of fused-ring (bicyclic) bond motifs is 5. The Hall–Kier alpha value is -0.218. The van der Waals surface area contributed by atoms with Crippen LogP contribution in [-0.4, -0.2) is 113 Å². The van der Waals surface area contributed by atoms with Gasteiger partial charge in [0.25, 0.3) is 0 Å². The maximum atomic E-state index is 12.5. The largest absolute Gasteiger partial charge is 0.389 e. The van der Waals surface area contributed by atoms with Crippen LogP contribution in [0, 0.1) is 40.4 Å². The van der Waals surface area contributed by atoms with E-state index in [4.69, 9.17) is 12.2 Å². The summed E-state index contributed by atoms with van der Waals surface area (Å²) < 4.78 is 16.5. The van der Waals surface area contributed by atoms with Gasteiger partial charge in [-0.2, -0.15) is 0 Å². The van der Waals surface area contributed by atoms with Gasteiger partial charge in [-0.15, -0.1) is 0 Å². The third kappa shape index (κ3) is 4.62. The molecule has 4 saturated carbocycles. The Balaban J connectivity index is 1.28. The second kappa shape index (κ2) is 10.9. The molecule has 11 heteroatoms. The van der Waals surface area contributed by atoms with Crippen molar-refractivity contribution in [1.82, 2.24) is 0 Å². The molecule has 0 bridgehead atoms. The number of ether oxygens (including phenoxy) is 2. The maximum absolute atomic E-state index is 12.5. The summed E-state index contributed by atoms with van der Waals surface area (Å²) in [5.41, 5.74) is -0.368. The normalized spacial score (nSPS) is 52.4. The van der Waals surface area contributed by atoms with Gasteiger partial charge in [-0.3, -0.25) is 4.79 Å². The van der Waals surface area contributed by atoms with Gasteiger partial charge in [0, 0.05) is 5.92 Å². The summed E-state index contributed by atoms with van der Waals surface area (Å²) in [6, 6.07) is 0. The number of Topliss-reactive ketones (excluding diaryl/α,β-unsaturated/α-hetero) is 1. The van der Waals surface area contributed by atoms with Gasteiger partial charge in [0.15, 0.2) is 5.78 Å². The predicted octanol–water partition coefficient (Wildman–Crippen LogP) is -0.00300. The number of carbonyl (C=O) groups is 2. The second-order valence-electron chi connectivity index (χ2n) is 13.0. The first kappa shape index (κ1) is 29.3. The molecule has 0 aromatic carbocycles. The molecule has 0 aromatic heterocycles. The standard InChI is InChI=1S/C27H42O10.Tl/c1-26-8-7-13(36-25-22(33)20(31)21(32)23(37-25)24(34)35)9-12(26)3-4-14-15-5-6-16(18(30)11-28)27(15,2)10-17(29)19(14)26;/h12-17,19-23,25,28-29,31-33H,3-11H2,1-2H3,(H,34,35);/q;+1/p-1. The molecule has 14 atom stereocenters. The zero-order valence-electron chi connectivity index (χ0n) is 22.1. The third-order valence-corrected chi connectivity index (χ3v) is 12.2. The average molecular weight is 730 g/mol.